The van der Waals surface area contributed by atoms with Crippen LogP contribution in [-0.2, 0) is 33.0 Å². The summed E-state index contributed by atoms with van der Waals surface area (Å²) in [5.74, 6) is 0.679. The van der Waals surface area contributed by atoms with Crippen molar-refractivity contribution in [2.45, 2.75) is 81.9 Å². The lowest BCUT2D eigenvalue weighted by atomic mass is 9.77. The highest BCUT2D eigenvalue weighted by atomic mass is 32.2. The van der Waals surface area contributed by atoms with Crippen LogP contribution in [0.4, 0.5) is 4.79 Å². The molecule has 0 radical (unpaired) electrons. The van der Waals surface area contributed by atoms with E-state index in [1.807, 2.05) is 74.2 Å². The summed E-state index contributed by atoms with van der Waals surface area (Å²) in [5, 5.41) is 0. The fraction of sp³-hybridized carbons (Fsp3) is 0.552. The SMILES string of the molecule is COC1CCN(C(=O)OCc2ccccc2)C1C(CCC1CC1)(N[S@+]([O-])C(C)(C)C)c1ccccc1. The Morgan fingerprint density at radius 3 is 2.28 bits per heavy atom. The van der Waals surface area contributed by atoms with Gasteiger partial charge in [0.15, 0.2) is 0 Å². The molecule has 7 heteroatoms. The lowest BCUT2D eigenvalue weighted by Gasteiger charge is -2.46. The van der Waals surface area contributed by atoms with Gasteiger partial charge in [-0.25, -0.2) is 4.79 Å². The number of rotatable bonds is 10. The molecule has 2 aliphatic rings. The van der Waals surface area contributed by atoms with Gasteiger partial charge < -0.3 is 18.9 Å². The summed E-state index contributed by atoms with van der Waals surface area (Å²) in [6.07, 6.45) is 4.35. The Labute approximate surface area is 219 Å². The van der Waals surface area contributed by atoms with Gasteiger partial charge in [-0.1, -0.05) is 73.5 Å². The van der Waals surface area contributed by atoms with Crippen molar-refractivity contribution >= 4 is 17.5 Å². The minimum absolute atomic E-state index is 0.210. The van der Waals surface area contributed by atoms with E-state index in [9.17, 15) is 9.35 Å². The largest absolute Gasteiger partial charge is 0.598 e. The maximum atomic E-state index is 13.7. The molecule has 2 aromatic carbocycles. The lowest BCUT2D eigenvalue weighted by Crippen LogP contribution is -2.64. The molecular formula is C29H40N2O4S. The van der Waals surface area contributed by atoms with E-state index in [4.69, 9.17) is 9.47 Å². The van der Waals surface area contributed by atoms with Crippen molar-refractivity contribution < 1.29 is 18.8 Å². The Kier molecular flexibility index (Phi) is 8.66. The summed E-state index contributed by atoms with van der Waals surface area (Å²) in [5.41, 5.74) is 1.23. The number of carbonyl (C=O) groups is 1. The van der Waals surface area contributed by atoms with Crippen molar-refractivity contribution in [3.8, 4) is 0 Å². The van der Waals surface area contributed by atoms with Gasteiger partial charge >= 0.3 is 6.09 Å². The standard InChI is InChI=1S/C29H40N2O4S/c1-28(2,3)36(33)30-29(19-17-22-15-16-22,24-13-9-6-10-14-24)26-25(34-4)18-20-31(26)27(32)35-21-23-11-7-5-8-12-23/h5-14,22,25-26,30H,15-21H2,1-4H3/t25?,26?,29?,36-/m1/s1. The summed E-state index contributed by atoms with van der Waals surface area (Å²) in [4.78, 5) is 15.4. The fourth-order valence-corrected chi connectivity index (χ4v) is 6.10. The smallest absolute Gasteiger partial charge is 0.410 e. The second kappa shape index (κ2) is 11.5. The van der Waals surface area contributed by atoms with Crippen LogP contribution in [0, 0.1) is 5.92 Å². The number of amides is 1. The first kappa shape index (κ1) is 27.0. The molecule has 1 saturated heterocycles. The summed E-state index contributed by atoms with van der Waals surface area (Å²) in [6.45, 7) is 6.66. The van der Waals surface area contributed by atoms with Gasteiger partial charge in [0.05, 0.1) is 12.1 Å². The Morgan fingerprint density at radius 2 is 1.69 bits per heavy atom. The molecule has 1 heterocycles. The van der Waals surface area contributed by atoms with Gasteiger partial charge in [-0.3, -0.25) is 0 Å². The third kappa shape index (κ3) is 6.25. The molecule has 196 valence electrons. The maximum Gasteiger partial charge on any atom is 0.410 e. The Bertz CT molecular complexity index is 980. The monoisotopic (exact) mass is 512 g/mol. The van der Waals surface area contributed by atoms with Crippen LogP contribution in [0.5, 0.6) is 0 Å². The summed E-state index contributed by atoms with van der Waals surface area (Å²) in [6, 6.07) is 19.5. The average molecular weight is 513 g/mol. The molecule has 4 atom stereocenters. The number of benzene rings is 2. The van der Waals surface area contributed by atoms with Gasteiger partial charge in [-0.2, -0.15) is 0 Å². The first-order valence-corrected chi connectivity index (χ1v) is 14.1. The molecule has 0 aromatic heterocycles. The van der Waals surface area contributed by atoms with E-state index in [0.29, 0.717) is 18.9 Å². The number of likely N-dealkylation sites (tertiary alicyclic amines) is 1. The minimum atomic E-state index is -1.36. The molecular weight excluding hydrogens is 472 g/mol. The molecule has 1 amide bonds. The molecule has 1 saturated carbocycles. The molecule has 36 heavy (non-hydrogen) atoms. The van der Waals surface area contributed by atoms with Crippen LogP contribution in [0.3, 0.4) is 0 Å². The predicted octanol–water partition coefficient (Wildman–Crippen LogP) is 5.55. The van der Waals surface area contributed by atoms with Gasteiger partial charge in [0.25, 0.3) is 0 Å². The molecule has 1 N–H and O–H groups in total. The van der Waals surface area contributed by atoms with Crippen molar-refractivity contribution in [1.82, 2.24) is 9.62 Å². The normalized spacial score (nSPS) is 22.8. The molecule has 1 aliphatic carbocycles. The van der Waals surface area contributed by atoms with Crippen molar-refractivity contribution in [2.24, 2.45) is 5.92 Å². The summed E-state index contributed by atoms with van der Waals surface area (Å²) in [7, 11) is 1.70. The Morgan fingerprint density at radius 1 is 1.06 bits per heavy atom. The second-order valence-electron chi connectivity index (χ2n) is 11.0. The number of hydrogen-bond acceptors (Lipinski definition) is 5. The van der Waals surface area contributed by atoms with Gasteiger partial charge in [-0.15, -0.1) is 4.72 Å². The van der Waals surface area contributed by atoms with E-state index in [1.54, 1.807) is 7.11 Å². The van der Waals surface area contributed by atoms with E-state index >= 15 is 0 Å². The molecule has 3 unspecified atom stereocenters. The van der Waals surface area contributed by atoms with Gasteiger partial charge in [0, 0.05) is 25.0 Å². The molecule has 0 spiro atoms. The molecule has 2 fully saturated rings. The third-order valence-corrected chi connectivity index (χ3v) is 9.02. The van der Waals surface area contributed by atoms with Gasteiger partial charge in [0.1, 0.15) is 16.9 Å². The van der Waals surface area contributed by atoms with E-state index in [-0.39, 0.29) is 24.8 Å². The van der Waals surface area contributed by atoms with Crippen LogP contribution in [0.2, 0.25) is 0 Å². The van der Waals surface area contributed by atoms with E-state index in [1.165, 1.54) is 12.8 Å². The van der Waals surface area contributed by atoms with Crippen LogP contribution < -0.4 is 4.72 Å². The quantitative estimate of drug-likeness (QED) is 0.423. The van der Waals surface area contributed by atoms with E-state index in [2.05, 4.69) is 16.9 Å². The second-order valence-corrected chi connectivity index (χ2v) is 13.0. The summed E-state index contributed by atoms with van der Waals surface area (Å²) >= 11 is -1.36. The predicted molar refractivity (Wildman–Crippen MR) is 144 cm³/mol. The van der Waals surface area contributed by atoms with Crippen LogP contribution in [0.1, 0.15) is 64.0 Å². The highest BCUT2D eigenvalue weighted by molar-refractivity contribution is 7.90. The first-order valence-electron chi connectivity index (χ1n) is 13.0. The van der Waals surface area contributed by atoms with Gasteiger partial charge in [0.2, 0.25) is 0 Å². The number of ether oxygens (including phenoxy) is 2. The highest BCUT2D eigenvalue weighted by Gasteiger charge is 2.56. The molecule has 1 aliphatic heterocycles. The molecule has 2 aromatic rings. The van der Waals surface area contributed by atoms with Gasteiger partial charge in [-0.05, 0) is 57.1 Å². The lowest BCUT2D eigenvalue weighted by molar-refractivity contribution is 0.0107. The topological polar surface area (TPSA) is 73.9 Å². The third-order valence-electron chi connectivity index (χ3n) is 7.35. The number of carbonyl (C=O) groups excluding carboxylic acids is 1. The van der Waals surface area contributed by atoms with E-state index in [0.717, 1.165) is 24.0 Å². The van der Waals surface area contributed by atoms with Crippen molar-refractivity contribution in [3.05, 3.63) is 71.8 Å². The van der Waals surface area contributed by atoms with Crippen molar-refractivity contribution in [1.29, 1.82) is 0 Å². The average Bonchev–Trinajstić information content (AvgIpc) is 3.61. The van der Waals surface area contributed by atoms with Crippen molar-refractivity contribution in [3.63, 3.8) is 0 Å². The number of methoxy groups -OCH3 is 1. The Hall–Kier alpha value is -2.06. The minimum Gasteiger partial charge on any atom is -0.598 e. The number of nitrogens with one attached hydrogen (secondary N) is 1. The van der Waals surface area contributed by atoms with E-state index < -0.39 is 21.6 Å². The zero-order valence-electron chi connectivity index (χ0n) is 21.9. The van der Waals surface area contributed by atoms with Crippen LogP contribution in [0.15, 0.2) is 60.7 Å². The fourth-order valence-electron chi connectivity index (χ4n) is 5.13. The molecule has 6 nitrogen and oxygen atoms in total. The van der Waals surface area contributed by atoms with Crippen molar-refractivity contribution in [2.75, 3.05) is 13.7 Å². The maximum absolute atomic E-state index is 13.7. The number of nitrogens with zero attached hydrogens (tertiary/aromatic N) is 1. The zero-order chi connectivity index (χ0) is 25.8. The molecule has 4 rings (SSSR count). The van der Waals surface area contributed by atoms with Crippen LogP contribution in [-0.4, -0.2) is 46.1 Å². The van der Waals surface area contributed by atoms with Crippen LogP contribution >= 0.6 is 0 Å². The molecule has 0 bridgehead atoms. The zero-order valence-corrected chi connectivity index (χ0v) is 22.8. The van der Waals surface area contributed by atoms with Crippen LogP contribution in [0.25, 0.3) is 0 Å². The Balaban J connectivity index is 1.71. The number of hydrogen-bond donors (Lipinski definition) is 1. The highest BCUT2D eigenvalue weighted by Crippen LogP contribution is 2.45. The first-order chi connectivity index (χ1) is 17.2. The summed E-state index contributed by atoms with van der Waals surface area (Å²) < 4.78 is 28.6.